The van der Waals surface area contributed by atoms with Crippen molar-refractivity contribution in [1.82, 2.24) is 9.21 Å². The highest BCUT2D eigenvalue weighted by molar-refractivity contribution is 7.89. The highest BCUT2D eigenvalue weighted by Gasteiger charge is 2.25. The van der Waals surface area contributed by atoms with Crippen LogP contribution in [-0.2, 0) is 10.0 Å². The highest BCUT2D eigenvalue weighted by atomic mass is 32.2. The predicted octanol–water partition coefficient (Wildman–Crippen LogP) is 1.72. The molecule has 0 atom stereocenters. The maximum absolute atomic E-state index is 12.7. The van der Waals surface area contributed by atoms with E-state index >= 15 is 0 Å². The van der Waals surface area contributed by atoms with Gasteiger partial charge in [0, 0.05) is 20.1 Å². The van der Waals surface area contributed by atoms with Crippen LogP contribution in [0.4, 0.5) is 0 Å². The van der Waals surface area contributed by atoms with E-state index in [-0.39, 0.29) is 4.90 Å². The fourth-order valence-electron chi connectivity index (χ4n) is 2.56. The van der Waals surface area contributed by atoms with Crippen molar-refractivity contribution in [3.05, 3.63) is 23.8 Å². The molecule has 0 spiro atoms. The summed E-state index contributed by atoms with van der Waals surface area (Å²) in [6.45, 7) is 5.30. The first-order valence-electron chi connectivity index (χ1n) is 7.28. The van der Waals surface area contributed by atoms with Crippen LogP contribution < -0.4 is 4.74 Å². The van der Waals surface area contributed by atoms with Gasteiger partial charge < -0.3 is 9.64 Å². The minimum Gasteiger partial charge on any atom is -0.495 e. The van der Waals surface area contributed by atoms with Gasteiger partial charge in [-0.1, -0.05) is 6.07 Å². The number of benzene rings is 1. The second-order valence-corrected chi connectivity index (χ2v) is 7.54. The molecule has 1 aromatic rings. The normalized spacial score (nSPS) is 16.6. The number of sulfonamides is 1. The molecular weight excluding hydrogens is 288 g/mol. The SMILES string of the molecule is COc1ccc(C)cc1S(=O)(=O)N(C)CCN1CCCC1. The van der Waals surface area contributed by atoms with Crippen molar-refractivity contribution in [3.8, 4) is 5.75 Å². The van der Waals surface area contributed by atoms with E-state index in [0.717, 1.165) is 25.2 Å². The summed E-state index contributed by atoms with van der Waals surface area (Å²) in [6, 6.07) is 5.22. The van der Waals surface area contributed by atoms with Crippen LogP contribution in [0, 0.1) is 6.92 Å². The molecule has 1 aliphatic heterocycles. The zero-order chi connectivity index (χ0) is 15.5. The molecule has 0 bridgehead atoms. The quantitative estimate of drug-likeness (QED) is 0.802. The molecule has 0 amide bonds. The summed E-state index contributed by atoms with van der Waals surface area (Å²) in [5.41, 5.74) is 0.905. The minimum absolute atomic E-state index is 0.244. The van der Waals surface area contributed by atoms with Crippen molar-refractivity contribution in [3.63, 3.8) is 0 Å². The predicted molar refractivity (Wildman–Crippen MR) is 83.2 cm³/mol. The average Bonchev–Trinajstić information content (AvgIpc) is 2.97. The van der Waals surface area contributed by atoms with Crippen molar-refractivity contribution in [1.29, 1.82) is 0 Å². The molecule has 0 N–H and O–H groups in total. The Kier molecular flexibility index (Phi) is 5.24. The summed E-state index contributed by atoms with van der Waals surface area (Å²) < 4.78 is 32.0. The molecule has 1 heterocycles. The fourth-order valence-corrected chi connectivity index (χ4v) is 3.96. The van der Waals surface area contributed by atoms with Crippen LogP contribution in [0.25, 0.3) is 0 Å². The number of hydrogen-bond acceptors (Lipinski definition) is 4. The number of nitrogens with zero attached hydrogens (tertiary/aromatic N) is 2. The van der Waals surface area contributed by atoms with Crippen molar-refractivity contribution in [2.24, 2.45) is 0 Å². The molecule has 2 rings (SSSR count). The molecule has 1 saturated heterocycles. The van der Waals surface area contributed by atoms with E-state index in [1.807, 2.05) is 13.0 Å². The Morgan fingerprint density at radius 2 is 1.95 bits per heavy atom. The minimum atomic E-state index is -3.51. The number of rotatable bonds is 6. The summed E-state index contributed by atoms with van der Waals surface area (Å²) in [6.07, 6.45) is 2.42. The molecular formula is C15H24N2O3S. The van der Waals surface area contributed by atoms with Crippen molar-refractivity contribution >= 4 is 10.0 Å². The number of hydrogen-bond donors (Lipinski definition) is 0. The van der Waals surface area contributed by atoms with E-state index in [0.29, 0.717) is 12.3 Å². The molecule has 118 valence electrons. The first-order chi connectivity index (χ1) is 9.95. The smallest absolute Gasteiger partial charge is 0.246 e. The van der Waals surface area contributed by atoms with E-state index < -0.39 is 10.0 Å². The van der Waals surface area contributed by atoms with Crippen molar-refractivity contribution in [2.75, 3.05) is 40.3 Å². The topological polar surface area (TPSA) is 49.9 Å². The summed E-state index contributed by atoms with van der Waals surface area (Å²) in [7, 11) is -0.388. The van der Waals surface area contributed by atoms with Gasteiger partial charge in [-0.3, -0.25) is 0 Å². The van der Waals surface area contributed by atoms with Crippen LogP contribution in [-0.4, -0.2) is 58.0 Å². The molecule has 21 heavy (non-hydrogen) atoms. The molecule has 6 heteroatoms. The number of methoxy groups -OCH3 is 1. The molecule has 1 fully saturated rings. The molecule has 0 unspecified atom stereocenters. The van der Waals surface area contributed by atoms with Gasteiger partial charge in [-0.2, -0.15) is 4.31 Å². The Labute approximate surface area is 127 Å². The second-order valence-electron chi connectivity index (χ2n) is 5.53. The second kappa shape index (κ2) is 6.77. The third-order valence-corrected chi connectivity index (χ3v) is 5.82. The van der Waals surface area contributed by atoms with E-state index in [1.54, 1.807) is 19.2 Å². The van der Waals surface area contributed by atoms with E-state index in [4.69, 9.17) is 4.74 Å². The molecule has 5 nitrogen and oxygen atoms in total. The lowest BCUT2D eigenvalue weighted by atomic mass is 10.2. The lowest BCUT2D eigenvalue weighted by molar-refractivity contribution is 0.309. The molecule has 0 radical (unpaired) electrons. The Morgan fingerprint density at radius 1 is 1.29 bits per heavy atom. The lowest BCUT2D eigenvalue weighted by Gasteiger charge is -2.22. The van der Waals surface area contributed by atoms with Gasteiger partial charge in [0.2, 0.25) is 10.0 Å². The Hall–Kier alpha value is -1.11. The zero-order valence-electron chi connectivity index (χ0n) is 13.0. The van der Waals surface area contributed by atoms with Gasteiger partial charge in [0.25, 0.3) is 0 Å². The van der Waals surface area contributed by atoms with Gasteiger partial charge in [0.1, 0.15) is 10.6 Å². The Bertz CT molecular complexity index is 581. The highest BCUT2D eigenvalue weighted by Crippen LogP contribution is 2.27. The number of ether oxygens (including phenoxy) is 1. The summed E-state index contributed by atoms with van der Waals surface area (Å²) >= 11 is 0. The third kappa shape index (κ3) is 3.75. The first-order valence-corrected chi connectivity index (χ1v) is 8.72. The summed E-state index contributed by atoms with van der Waals surface area (Å²) in [5.74, 6) is 0.397. The van der Waals surface area contributed by atoms with E-state index in [9.17, 15) is 8.42 Å². The van der Waals surface area contributed by atoms with Crippen LogP contribution in [0.2, 0.25) is 0 Å². The van der Waals surface area contributed by atoms with Crippen LogP contribution in [0.5, 0.6) is 5.75 Å². The summed E-state index contributed by atoms with van der Waals surface area (Å²) in [5, 5.41) is 0. The monoisotopic (exact) mass is 312 g/mol. The molecule has 1 aromatic carbocycles. The Balaban J connectivity index is 2.14. The van der Waals surface area contributed by atoms with Gasteiger partial charge in [0.05, 0.1) is 7.11 Å². The molecule has 1 aliphatic rings. The molecule has 0 aromatic heterocycles. The van der Waals surface area contributed by atoms with Crippen LogP contribution in [0.3, 0.4) is 0 Å². The zero-order valence-corrected chi connectivity index (χ0v) is 13.8. The number of aryl methyl sites for hydroxylation is 1. The maximum atomic E-state index is 12.7. The van der Waals surface area contributed by atoms with Gasteiger partial charge >= 0.3 is 0 Å². The van der Waals surface area contributed by atoms with E-state index in [2.05, 4.69) is 4.90 Å². The van der Waals surface area contributed by atoms with Crippen molar-refractivity contribution < 1.29 is 13.2 Å². The molecule has 0 aliphatic carbocycles. The van der Waals surface area contributed by atoms with Gasteiger partial charge in [-0.05, 0) is 50.6 Å². The molecule has 0 saturated carbocycles. The standard InChI is InChI=1S/C15H24N2O3S/c1-13-6-7-14(20-3)15(12-13)21(18,19)16(2)10-11-17-8-4-5-9-17/h6-7,12H,4-5,8-11H2,1-3H3. The first kappa shape index (κ1) is 16.3. The van der Waals surface area contributed by atoms with Gasteiger partial charge in [0.15, 0.2) is 0 Å². The van der Waals surface area contributed by atoms with Crippen LogP contribution >= 0.6 is 0 Å². The van der Waals surface area contributed by atoms with E-state index in [1.165, 1.54) is 24.3 Å². The van der Waals surface area contributed by atoms with Gasteiger partial charge in [-0.25, -0.2) is 8.42 Å². The van der Waals surface area contributed by atoms with Crippen molar-refractivity contribution in [2.45, 2.75) is 24.7 Å². The average molecular weight is 312 g/mol. The fraction of sp³-hybridized carbons (Fsp3) is 0.600. The van der Waals surface area contributed by atoms with Crippen LogP contribution in [0.1, 0.15) is 18.4 Å². The maximum Gasteiger partial charge on any atom is 0.246 e. The van der Waals surface area contributed by atoms with Crippen LogP contribution in [0.15, 0.2) is 23.1 Å². The Morgan fingerprint density at radius 3 is 2.57 bits per heavy atom. The lowest BCUT2D eigenvalue weighted by Crippen LogP contribution is -2.35. The summed E-state index contributed by atoms with van der Waals surface area (Å²) in [4.78, 5) is 2.55. The number of likely N-dealkylation sites (tertiary alicyclic amines) is 1. The van der Waals surface area contributed by atoms with Gasteiger partial charge in [-0.15, -0.1) is 0 Å². The number of likely N-dealkylation sites (N-methyl/N-ethyl adjacent to an activating group) is 1. The third-order valence-electron chi connectivity index (χ3n) is 3.94. The largest absolute Gasteiger partial charge is 0.495 e.